The van der Waals surface area contributed by atoms with E-state index in [0.29, 0.717) is 17.2 Å². The van der Waals surface area contributed by atoms with Crippen molar-refractivity contribution in [1.29, 1.82) is 0 Å². The second-order valence-electron chi connectivity index (χ2n) is 6.29. The van der Waals surface area contributed by atoms with Gasteiger partial charge >= 0.3 is 0 Å². The summed E-state index contributed by atoms with van der Waals surface area (Å²) < 4.78 is 20.5. The quantitative estimate of drug-likeness (QED) is 0.713. The lowest BCUT2D eigenvalue weighted by Crippen LogP contribution is -2.37. The predicted octanol–water partition coefficient (Wildman–Crippen LogP) is 4.67. The third-order valence-electron chi connectivity index (χ3n) is 4.30. The lowest BCUT2D eigenvalue weighted by molar-refractivity contribution is 0.183. The van der Waals surface area contributed by atoms with Crippen molar-refractivity contribution in [1.82, 2.24) is 9.80 Å². The lowest BCUT2D eigenvalue weighted by atomic mass is 9.96. The van der Waals surface area contributed by atoms with Crippen molar-refractivity contribution in [2.24, 2.45) is 0 Å². The van der Waals surface area contributed by atoms with Gasteiger partial charge in [-0.15, -0.1) is 24.8 Å². The van der Waals surface area contributed by atoms with Crippen LogP contribution in [-0.2, 0) is 0 Å². The Morgan fingerprint density at radius 2 is 1.88 bits per heavy atom. The maximum atomic E-state index is 14.6. The number of likely N-dealkylation sites (N-methyl/N-ethyl adjacent to an activating group) is 1. The Balaban J connectivity index is 0.00000169. The number of rotatable bonds is 4. The largest absolute Gasteiger partial charge is 0.492 e. The average molecular weight is 422 g/mol. The molecule has 26 heavy (non-hydrogen) atoms. The van der Waals surface area contributed by atoms with Crippen molar-refractivity contribution in [3.05, 3.63) is 64.4 Å². The van der Waals surface area contributed by atoms with Gasteiger partial charge in [0.2, 0.25) is 0 Å². The zero-order valence-corrected chi connectivity index (χ0v) is 17.2. The van der Waals surface area contributed by atoms with Crippen molar-refractivity contribution < 1.29 is 9.13 Å². The minimum Gasteiger partial charge on any atom is -0.492 e. The highest BCUT2D eigenvalue weighted by molar-refractivity contribution is 6.30. The number of hydrogen-bond donors (Lipinski definition) is 0. The van der Waals surface area contributed by atoms with Gasteiger partial charge in [-0.2, -0.15) is 0 Å². The van der Waals surface area contributed by atoms with Crippen LogP contribution >= 0.6 is 36.4 Å². The second kappa shape index (κ2) is 10.3. The Morgan fingerprint density at radius 3 is 2.58 bits per heavy atom. The smallest absolute Gasteiger partial charge is 0.128 e. The molecular weight excluding hydrogens is 398 g/mol. The molecule has 1 unspecified atom stereocenters. The number of fused-ring (bicyclic) bond motifs is 1. The van der Waals surface area contributed by atoms with Crippen LogP contribution in [0.1, 0.15) is 17.2 Å². The SMILES string of the molecule is CN(C)CCN1CCOc2ccc(Cl)cc2C1c1ccccc1F.Cl.Cl. The summed E-state index contributed by atoms with van der Waals surface area (Å²) in [5.74, 6) is 0.574. The first-order chi connectivity index (χ1) is 11.6. The summed E-state index contributed by atoms with van der Waals surface area (Å²) in [5.41, 5.74) is 1.58. The molecule has 0 saturated heterocycles. The molecule has 7 heteroatoms. The maximum absolute atomic E-state index is 14.6. The first-order valence-electron chi connectivity index (χ1n) is 8.11. The van der Waals surface area contributed by atoms with Crippen molar-refractivity contribution >= 4 is 36.4 Å². The molecule has 0 aromatic heterocycles. The molecule has 144 valence electrons. The summed E-state index contributed by atoms with van der Waals surface area (Å²) in [6.07, 6.45) is 0. The highest BCUT2D eigenvalue weighted by Gasteiger charge is 2.30. The van der Waals surface area contributed by atoms with Gasteiger partial charge in [-0.3, -0.25) is 4.90 Å². The maximum Gasteiger partial charge on any atom is 0.128 e. The number of hydrogen-bond acceptors (Lipinski definition) is 3. The van der Waals surface area contributed by atoms with Crippen LogP contribution in [0, 0.1) is 5.82 Å². The highest BCUT2D eigenvalue weighted by Crippen LogP contribution is 2.38. The Bertz CT molecular complexity index is 715. The highest BCUT2D eigenvalue weighted by atomic mass is 35.5. The molecule has 0 radical (unpaired) electrons. The molecule has 3 rings (SSSR count). The van der Waals surface area contributed by atoms with Gasteiger partial charge in [0, 0.05) is 35.8 Å². The second-order valence-corrected chi connectivity index (χ2v) is 6.73. The van der Waals surface area contributed by atoms with E-state index < -0.39 is 0 Å². The Kier molecular flexibility index (Phi) is 9.14. The molecular formula is C19H24Cl3FN2O. The normalized spacial score (nSPS) is 16.7. The zero-order chi connectivity index (χ0) is 17.1. The summed E-state index contributed by atoms with van der Waals surface area (Å²) in [6, 6.07) is 12.3. The first kappa shape index (κ1) is 23.0. The summed E-state index contributed by atoms with van der Waals surface area (Å²) in [7, 11) is 4.08. The third kappa shape index (κ3) is 5.24. The molecule has 0 amide bonds. The first-order valence-corrected chi connectivity index (χ1v) is 8.49. The summed E-state index contributed by atoms with van der Waals surface area (Å²) in [6.45, 7) is 3.02. The number of benzene rings is 2. The van der Waals surface area contributed by atoms with E-state index in [9.17, 15) is 4.39 Å². The van der Waals surface area contributed by atoms with Crippen LogP contribution in [0.4, 0.5) is 4.39 Å². The van der Waals surface area contributed by atoms with E-state index in [4.69, 9.17) is 16.3 Å². The number of ether oxygens (including phenoxy) is 1. The minimum atomic E-state index is -0.206. The molecule has 2 aromatic carbocycles. The van der Waals surface area contributed by atoms with E-state index in [2.05, 4.69) is 9.80 Å². The monoisotopic (exact) mass is 420 g/mol. The molecule has 1 aliphatic heterocycles. The number of nitrogens with zero attached hydrogens (tertiary/aromatic N) is 2. The molecule has 0 saturated carbocycles. The van der Waals surface area contributed by atoms with Crippen LogP contribution in [0.15, 0.2) is 42.5 Å². The van der Waals surface area contributed by atoms with Gasteiger partial charge in [0.25, 0.3) is 0 Å². The molecule has 0 bridgehead atoms. The van der Waals surface area contributed by atoms with Crippen LogP contribution < -0.4 is 4.74 Å². The van der Waals surface area contributed by atoms with Crippen LogP contribution in [0.2, 0.25) is 5.02 Å². The van der Waals surface area contributed by atoms with Crippen molar-refractivity contribution in [3.8, 4) is 5.75 Å². The molecule has 0 aliphatic carbocycles. The van der Waals surface area contributed by atoms with Crippen LogP contribution in [0.3, 0.4) is 0 Å². The Hall–Kier alpha value is -1.04. The molecule has 1 atom stereocenters. The van der Waals surface area contributed by atoms with Gasteiger partial charge in [-0.1, -0.05) is 29.8 Å². The average Bonchev–Trinajstić information content (AvgIpc) is 2.72. The van der Waals surface area contributed by atoms with E-state index in [-0.39, 0.29) is 36.7 Å². The third-order valence-corrected chi connectivity index (χ3v) is 4.54. The van der Waals surface area contributed by atoms with Crippen LogP contribution in [-0.4, -0.2) is 50.1 Å². The summed E-state index contributed by atoms with van der Waals surface area (Å²) in [5, 5.41) is 0.633. The van der Waals surface area contributed by atoms with Gasteiger partial charge in [-0.25, -0.2) is 4.39 Å². The Morgan fingerprint density at radius 1 is 1.15 bits per heavy atom. The topological polar surface area (TPSA) is 15.7 Å². The standard InChI is InChI=1S/C19H22ClFN2O.2ClH/c1-22(2)9-10-23-11-12-24-18-8-7-14(20)13-16(18)19(23)15-5-3-4-6-17(15)21;;/h3-8,13,19H,9-12H2,1-2H3;2*1H. The minimum absolute atomic E-state index is 0. The number of halogens is 4. The van der Waals surface area contributed by atoms with Gasteiger partial charge in [-0.05, 0) is 38.4 Å². The molecule has 0 N–H and O–H groups in total. The molecule has 3 nitrogen and oxygen atoms in total. The van der Waals surface area contributed by atoms with E-state index in [1.807, 2.05) is 44.4 Å². The van der Waals surface area contributed by atoms with Crippen LogP contribution in [0.25, 0.3) is 0 Å². The zero-order valence-electron chi connectivity index (χ0n) is 14.8. The van der Waals surface area contributed by atoms with Crippen molar-refractivity contribution in [3.63, 3.8) is 0 Å². The van der Waals surface area contributed by atoms with Gasteiger partial charge < -0.3 is 9.64 Å². The van der Waals surface area contributed by atoms with E-state index >= 15 is 0 Å². The fraction of sp³-hybridized carbons (Fsp3) is 0.368. The predicted molar refractivity (Wildman–Crippen MR) is 110 cm³/mol. The van der Waals surface area contributed by atoms with E-state index in [0.717, 1.165) is 30.9 Å². The molecule has 1 heterocycles. The van der Waals surface area contributed by atoms with E-state index in [1.54, 1.807) is 6.07 Å². The lowest BCUT2D eigenvalue weighted by Gasteiger charge is -2.31. The van der Waals surface area contributed by atoms with Crippen molar-refractivity contribution in [2.45, 2.75) is 6.04 Å². The fourth-order valence-electron chi connectivity index (χ4n) is 3.09. The summed E-state index contributed by atoms with van der Waals surface area (Å²) in [4.78, 5) is 4.39. The molecule has 1 aliphatic rings. The van der Waals surface area contributed by atoms with Gasteiger partial charge in [0.1, 0.15) is 18.2 Å². The van der Waals surface area contributed by atoms with E-state index in [1.165, 1.54) is 6.07 Å². The van der Waals surface area contributed by atoms with Gasteiger partial charge in [0.15, 0.2) is 0 Å². The van der Waals surface area contributed by atoms with Crippen molar-refractivity contribution in [2.75, 3.05) is 40.3 Å². The molecule has 2 aromatic rings. The summed E-state index contributed by atoms with van der Waals surface area (Å²) >= 11 is 6.22. The molecule has 0 fully saturated rings. The van der Waals surface area contributed by atoms with Crippen LogP contribution in [0.5, 0.6) is 5.75 Å². The Labute approximate surface area is 171 Å². The van der Waals surface area contributed by atoms with Gasteiger partial charge in [0.05, 0.1) is 6.04 Å². The molecule has 0 spiro atoms. The fourth-order valence-corrected chi connectivity index (χ4v) is 3.27.